The summed E-state index contributed by atoms with van der Waals surface area (Å²) in [5.74, 6) is -0.456. The average molecular weight is 327 g/mol. The van der Waals surface area contributed by atoms with Crippen molar-refractivity contribution in [2.24, 2.45) is 0 Å². The zero-order chi connectivity index (χ0) is 16.8. The van der Waals surface area contributed by atoms with Crippen LogP contribution in [0.2, 0.25) is 0 Å². The van der Waals surface area contributed by atoms with Crippen LogP contribution in [-0.2, 0) is 6.42 Å². The van der Waals surface area contributed by atoms with Gasteiger partial charge in [0.15, 0.2) is 0 Å². The van der Waals surface area contributed by atoms with Gasteiger partial charge in [-0.2, -0.15) is 0 Å². The first kappa shape index (κ1) is 16.4. The van der Waals surface area contributed by atoms with E-state index in [9.17, 15) is 9.18 Å². The number of amides is 1. The number of benzene rings is 1. The first-order valence-electron chi connectivity index (χ1n) is 8.46. The monoisotopic (exact) mass is 327 g/mol. The molecular formula is C19H22FN3O. The molecule has 0 aliphatic carbocycles. The van der Waals surface area contributed by atoms with Gasteiger partial charge in [0.2, 0.25) is 0 Å². The topological polar surface area (TPSA) is 45.2 Å². The zero-order valence-corrected chi connectivity index (χ0v) is 13.7. The van der Waals surface area contributed by atoms with Crippen LogP contribution in [0.15, 0.2) is 42.6 Å². The minimum atomic E-state index is -0.239. The third kappa shape index (κ3) is 4.10. The van der Waals surface area contributed by atoms with Crippen molar-refractivity contribution in [3.63, 3.8) is 0 Å². The minimum Gasteiger partial charge on any atom is -0.371 e. The maximum Gasteiger partial charge on any atom is 0.269 e. The number of hydrogen-bond acceptors (Lipinski definition) is 3. The summed E-state index contributed by atoms with van der Waals surface area (Å²) in [7, 11) is 0. The lowest BCUT2D eigenvalue weighted by molar-refractivity contribution is 0.0949. The van der Waals surface area contributed by atoms with Gasteiger partial charge >= 0.3 is 0 Å². The quantitative estimate of drug-likeness (QED) is 0.917. The largest absolute Gasteiger partial charge is 0.371 e. The summed E-state index contributed by atoms with van der Waals surface area (Å²) in [6.45, 7) is 2.44. The van der Waals surface area contributed by atoms with Gasteiger partial charge in [-0.3, -0.25) is 9.78 Å². The van der Waals surface area contributed by atoms with Crippen LogP contribution in [0, 0.1) is 5.82 Å². The smallest absolute Gasteiger partial charge is 0.269 e. The number of nitrogens with one attached hydrogen (secondary N) is 1. The Morgan fingerprint density at radius 1 is 1.17 bits per heavy atom. The van der Waals surface area contributed by atoms with Crippen molar-refractivity contribution in [2.75, 3.05) is 24.5 Å². The summed E-state index contributed by atoms with van der Waals surface area (Å²) in [5.41, 5.74) is 2.06. The van der Waals surface area contributed by atoms with Gasteiger partial charge in [0.25, 0.3) is 5.91 Å². The molecule has 1 N–H and O–H groups in total. The van der Waals surface area contributed by atoms with Crippen LogP contribution in [0.3, 0.4) is 0 Å². The summed E-state index contributed by atoms with van der Waals surface area (Å²) >= 11 is 0. The second kappa shape index (κ2) is 7.90. The first-order valence-corrected chi connectivity index (χ1v) is 8.46. The lowest BCUT2D eigenvalue weighted by Crippen LogP contribution is -2.30. The number of nitrogens with zero attached hydrogens (tertiary/aromatic N) is 2. The second-order valence-electron chi connectivity index (χ2n) is 6.04. The van der Waals surface area contributed by atoms with Crippen LogP contribution in [0.5, 0.6) is 0 Å². The molecule has 126 valence electrons. The fraction of sp³-hybridized carbons (Fsp3) is 0.368. The molecule has 1 fully saturated rings. The number of anilines is 1. The number of hydrogen-bond donors (Lipinski definition) is 1. The summed E-state index contributed by atoms with van der Waals surface area (Å²) in [5, 5.41) is 2.82. The van der Waals surface area contributed by atoms with Gasteiger partial charge in [-0.1, -0.05) is 18.2 Å². The predicted octanol–water partition coefficient (Wildman–Crippen LogP) is 3.18. The first-order chi connectivity index (χ1) is 11.7. The standard InChI is InChI=1S/C19H22FN3O/c20-17-7-3-2-6-15(17)8-10-22-19(24)18-14-16(9-11-21-18)23-12-4-1-5-13-23/h2-3,6-7,9,11,14H,1,4-5,8,10,12-13H2,(H,22,24). The van der Waals surface area contributed by atoms with E-state index >= 15 is 0 Å². The fourth-order valence-corrected chi connectivity index (χ4v) is 2.99. The third-order valence-corrected chi connectivity index (χ3v) is 4.34. The van der Waals surface area contributed by atoms with Gasteiger partial charge in [-0.15, -0.1) is 0 Å². The molecule has 1 aromatic carbocycles. The van der Waals surface area contributed by atoms with Crippen LogP contribution in [0.1, 0.15) is 35.3 Å². The van der Waals surface area contributed by atoms with E-state index in [0.717, 1.165) is 18.8 Å². The highest BCUT2D eigenvalue weighted by Crippen LogP contribution is 2.19. The molecule has 3 rings (SSSR count). The number of halogens is 1. The van der Waals surface area contributed by atoms with Crippen molar-refractivity contribution in [3.8, 4) is 0 Å². The summed E-state index contributed by atoms with van der Waals surface area (Å²) in [6.07, 6.45) is 5.78. The number of piperidine rings is 1. The molecule has 2 aromatic rings. The molecule has 4 nitrogen and oxygen atoms in total. The van der Waals surface area contributed by atoms with Crippen molar-refractivity contribution in [3.05, 3.63) is 59.7 Å². The Balaban J connectivity index is 1.57. The molecule has 2 heterocycles. The molecular weight excluding hydrogens is 305 g/mol. The molecule has 5 heteroatoms. The molecule has 0 atom stereocenters. The van der Waals surface area contributed by atoms with Crippen molar-refractivity contribution < 1.29 is 9.18 Å². The number of pyridine rings is 1. The lowest BCUT2D eigenvalue weighted by atomic mass is 10.1. The van der Waals surface area contributed by atoms with Gasteiger partial charge < -0.3 is 10.2 Å². The Morgan fingerprint density at radius 3 is 2.75 bits per heavy atom. The summed E-state index contributed by atoms with van der Waals surface area (Å²) in [4.78, 5) is 18.7. The minimum absolute atomic E-state index is 0.217. The van der Waals surface area contributed by atoms with Crippen LogP contribution < -0.4 is 10.2 Å². The van der Waals surface area contributed by atoms with Gasteiger partial charge in [0.05, 0.1) is 0 Å². The predicted molar refractivity (Wildman–Crippen MR) is 92.7 cm³/mol. The van der Waals surface area contributed by atoms with Gasteiger partial charge in [0, 0.05) is 31.5 Å². The van der Waals surface area contributed by atoms with Crippen molar-refractivity contribution in [1.29, 1.82) is 0 Å². The van der Waals surface area contributed by atoms with E-state index in [1.54, 1.807) is 24.4 Å². The van der Waals surface area contributed by atoms with E-state index in [2.05, 4.69) is 15.2 Å². The highest BCUT2D eigenvalue weighted by Gasteiger charge is 2.14. The van der Waals surface area contributed by atoms with E-state index in [4.69, 9.17) is 0 Å². The molecule has 24 heavy (non-hydrogen) atoms. The van der Waals surface area contributed by atoms with Crippen LogP contribution in [-0.4, -0.2) is 30.5 Å². The maximum absolute atomic E-state index is 13.6. The molecule has 0 saturated carbocycles. The van der Waals surface area contributed by atoms with Crippen molar-refractivity contribution in [1.82, 2.24) is 10.3 Å². The molecule has 0 radical (unpaired) electrons. The zero-order valence-electron chi connectivity index (χ0n) is 13.7. The Hall–Kier alpha value is -2.43. The molecule has 0 spiro atoms. The van der Waals surface area contributed by atoms with Crippen molar-refractivity contribution in [2.45, 2.75) is 25.7 Å². The molecule has 1 saturated heterocycles. The SMILES string of the molecule is O=C(NCCc1ccccc1F)c1cc(N2CCCCC2)ccn1. The molecule has 0 unspecified atom stereocenters. The van der Waals surface area contributed by atoms with E-state index in [1.165, 1.54) is 25.3 Å². The molecule has 1 amide bonds. The van der Waals surface area contributed by atoms with E-state index < -0.39 is 0 Å². The summed E-state index contributed by atoms with van der Waals surface area (Å²) < 4.78 is 13.6. The van der Waals surface area contributed by atoms with Gasteiger partial charge in [0.1, 0.15) is 11.5 Å². The number of carbonyl (C=O) groups is 1. The number of rotatable bonds is 5. The average Bonchev–Trinajstić information content (AvgIpc) is 2.64. The number of carbonyl (C=O) groups excluding carboxylic acids is 1. The van der Waals surface area contributed by atoms with E-state index in [0.29, 0.717) is 24.2 Å². The van der Waals surface area contributed by atoms with Crippen LogP contribution in [0.25, 0.3) is 0 Å². The van der Waals surface area contributed by atoms with Crippen LogP contribution in [0.4, 0.5) is 10.1 Å². The molecule has 0 bridgehead atoms. The Kier molecular flexibility index (Phi) is 5.41. The number of aromatic nitrogens is 1. The van der Waals surface area contributed by atoms with Crippen molar-refractivity contribution >= 4 is 11.6 Å². The third-order valence-electron chi connectivity index (χ3n) is 4.34. The fourth-order valence-electron chi connectivity index (χ4n) is 2.99. The van der Waals surface area contributed by atoms with Crippen LogP contribution >= 0.6 is 0 Å². The van der Waals surface area contributed by atoms with Gasteiger partial charge in [-0.05, 0) is 49.4 Å². The Labute approximate surface area is 141 Å². The molecule has 1 aliphatic heterocycles. The maximum atomic E-state index is 13.6. The Bertz CT molecular complexity index is 699. The highest BCUT2D eigenvalue weighted by molar-refractivity contribution is 5.93. The molecule has 1 aromatic heterocycles. The second-order valence-corrected chi connectivity index (χ2v) is 6.04. The van der Waals surface area contributed by atoms with Gasteiger partial charge in [-0.25, -0.2) is 4.39 Å². The lowest BCUT2D eigenvalue weighted by Gasteiger charge is -2.28. The normalized spacial score (nSPS) is 14.5. The van der Waals surface area contributed by atoms with E-state index in [-0.39, 0.29) is 11.7 Å². The summed E-state index contributed by atoms with van der Waals surface area (Å²) in [6, 6.07) is 10.4. The van der Waals surface area contributed by atoms with E-state index in [1.807, 2.05) is 12.1 Å². The Morgan fingerprint density at radius 2 is 1.96 bits per heavy atom. The highest BCUT2D eigenvalue weighted by atomic mass is 19.1. The molecule has 1 aliphatic rings.